The van der Waals surface area contributed by atoms with Gasteiger partial charge in [-0.25, -0.2) is 4.99 Å². The van der Waals surface area contributed by atoms with Crippen LogP contribution in [0.2, 0.25) is 0 Å². The third-order valence-corrected chi connectivity index (χ3v) is 6.92. The average Bonchev–Trinajstić information content (AvgIpc) is 3.69. The quantitative estimate of drug-likeness (QED) is 0.635. The van der Waals surface area contributed by atoms with Gasteiger partial charge in [0.2, 0.25) is 5.91 Å². The molecule has 2 aliphatic rings. The SMILES string of the molecule is CN1C(=O)[C@H](c2ccc(C3CC3)cc2)[C@@](C)(c2cccc(-c3cccc(C#N)c3)c2)N=C1N. The van der Waals surface area contributed by atoms with E-state index in [9.17, 15) is 10.1 Å². The van der Waals surface area contributed by atoms with Gasteiger partial charge in [0.15, 0.2) is 5.96 Å². The van der Waals surface area contributed by atoms with Crippen LogP contribution in [0.15, 0.2) is 77.8 Å². The molecular weight excluding hydrogens is 408 g/mol. The van der Waals surface area contributed by atoms with Gasteiger partial charge in [-0.3, -0.25) is 9.69 Å². The van der Waals surface area contributed by atoms with Crippen LogP contribution in [0, 0.1) is 11.3 Å². The zero-order chi connectivity index (χ0) is 23.2. The summed E-state index contributed by atoms with van der Waals surface area (Å²) < 4.78 is 0. The highest BCUT2D eigenvalue weighted by Crippen LogP contribution is 2.46. The first-order valence-corrected chi connectivity index (χ1v) is 11.2. The van der Waals surface area contributed by atoms with E-state index in [4.69, 9.17) is 10.7 Å². The maximum Gasteiger partial charge on any atom is 0.239 e. The lowest BCUT2D eigenvalue weighted by molar-refractivity contribution is -0.130. The summed E-state index contributed by atoms with van der Waals surface area (Å²) in [6.45, 7) is 1.98. The van der Waals surface area contributed by atoms with E-state index < -0.39 is 11.5 Å². The van der Waals surface area contributed by atoms with Crippen molar-refractivity contribution in [2.75, 3.05) is 7.05 Å². The number of benzene rings is 3. The van der Waals surface area contributed by atoms with E-state index in [2.05, 4.69) is 36.4 Å². The second-order valence-electron chi connectivity index (χ2n) is 9.16. The van der Waals surface area contributed by atoms with Crippen molar-refractivity contribution in [3.8, 4) is 17.2 Å². The lowest BCUT2D eigenvalue weighted by Gasteiger charge is -2.41. The lowest BCUT2D eigenvalue weighted by Crippen LogP contribution is -2.52. The first-order chi connectivity index (χ1) is 15.9. The highest BCUT2D eigenvalue weighted by Gasteiger charge is 2.47. The number of amides is 1. The molecule has 5 heteroatoms. The van der Waals surface area contributed by atoms with E-state index in [1.807, 2.05) is 43.3 Å². The van der Waals surface area contributed by atoms with Gasteiger partial charge in [-0.1, -0.05) is 54.6 Å². The van der Waals surface area contributed by atoms with E-state index in [0.29, 0.717) is 11.5 Å². The highest BCUT2D eigenvalue weighted by atomic mass is 16.2. The lowest BCUT2D eigenvalue weighted by atomic mass is 9.74. The first-order valence-electron chi connectivity index (χ1n) is 11.2. The summed E-state index contributed by atoms with van der Waals surface area (Å²) in [4.78, 5) is 19.8. The Labute approximate surface area is 194 Å². The van der Waals surface area contributed by atoms with Gasteiger partial charge >= 0.3 is 0 Å². The molecule has 1 fully saturated rings. The van der Waals surface area contributed by atoms with Gasteiger partial charge in [-0.15, -0.1) is 0 Å². The van der Waals surface area contributed by atoms with Gasteiger partial charge in [0.25, 0.3) is 0 Å². The molecule has 0 bridgehead atoms. The van der Waals surface area contributed by atoms with E-state index >= 15 is 0 Å². The van der Waals surface area contributed by atoms with E-state index in [-0.39, 0.29) is 11.9 Å². The zero-order valence-corrected chi connectivity index (χ0v) is 18.8. The van der Waals surface area contributed by atoms with Crippen LogP contribution in [0.1, 0.15) is 53.9 Å². The molecule has 0 saturated heterocycles. The Morgan fingerprint density at radius 1 is 1.00 bits per heavy atom. The van der Waals surface area contributed by atoms with E-state index in [1.54, 1.807) is 13.1 Å². The van der Waals surface area contributed by atoms with Crippen LogP contribution in [0.3, 0.4) is 0 Å². The standard InChI is InChI=1S/C28H26N4O/c1-28(24-8-4-7-23(16-24)22-6-3-5-18(15-22)17-29)25(26(33)32(2)27(30)31-28)21-13-11-20(12-14-21)19-9-10-19/h3-8,11-16,19,25H,9-10H2,1-2H3,(H2,30,31)/t25-,28+/m0/s1. The number of aliphatic imine (C=N–C) groups is 1. The number of rotatable bonds is 4. The van der Waals surface area contributed by atoms with Crippen molar-refractivity contribution < 1.29 is 4.79 Å². The molecule has 1 aliphatic carbocycles. The molecule has 1 amide bonds. The van der Waals surface area contributed by atoms with Gasteiger partial charge < -0.3 is 5.73 Å². The van der Waals surface area contributed by atoms with Crippen molar-refractivity contribution in [3.63, 3.8) is 0 Å². The van der Waals surface area contributed by atoms with Crippen molar-refractivity contribution in [2.24, 2.45) is 10.7 Å². The third-order valence-electron chi connectivity index (χ3n) is 6.92. The molecule has 2 N–H and O–H groups in total. The number of nitrogens with two attached hydrogens (primary N) is 1. The molecule has 0 spiro atoms. The Bertz CT molecular complexity index is 1300. The minimum atomic E-state index is -0.863. The normalized spacial score (nSPS) is 22.6. The number of hydrogen-bond donors (Lipinski definition) is 1. The summed E-state index contributed by atoms with van der Waals surface area (Å²) >= 11 is 0. The summed E-state index contributed by atoms with van der Waals surface area (Å²) in [5.41, 5.74) is 11.0. The van der Waals surface area contributed by atoms with Crippen molar-refractivity contribution >= 4 is 11.9 Å². The molecule has 33 heavy (non-hydrogen) atoms. The van der Waals surface area contributed by atoms with Crippen LogP contribution in [0.5, 0.6) is 0 Å². The molecule has 2 atom stereocenters. The van der Waals surface area contributed by atoms with Gasteiger partial charge in [0.05, 0.1) is 17.6 Å². The van der Waals surface area contributed by atoms with Crippen LogP contribution in [0.4, 0.5) is 0 Å². The van der Waals surface area contributed by atoms with Crippen LogP contribution < -0.4 is 5.73 Å². The molecule has 1 aliphatic heterocycles. The number of nitrogens with zero attached hydrogens (tertiary/aromatic N) is 3. The minimum absolute atomic E-state index is 0.0685. The molecular formula is C28H26N4O. The second-order valence-corrected chi connectivity index (χ2v) is 9.16. The predicted molar refractivity (Wildman–Crippen MR) is 129 cm³/mol. The number of carbonyl (C=O) groups excluding carboxylic acids is 1. The van der Waals surface area contributed by atoms with Crippen molar-refractivity contribution in [1.82, 2.24) is 4.90 Å². The minimum Gasteiger partial charge on any atom is -0.369 e. The molecule has 0 radical (unpaired) electrons. The van der Waals surface area contributed by atoms with Crippen molar-refractivity contribution in [1.29, 1.82) is 5.26 Å². The fourth-order valence-electron chi connectivity index (χ4n) is 4.78. The van der Waals surface area contributed by atoms with Crippen LogP contribution in [0.25, 0.3) is 11.1 Å². The molecule has 0 aromatic heterocycles. The highest BCUT2D eigenvalue weighted by molar-refractivity contribution is 6.02. The summed E-state index contributed by atoms with van der Waals surface area (Å²) in [5, 5.41) is 9.29. The third kappa shape index (κ3) is 3.68. The topological polar surface area (TPSA) is 82.5 Å². The number of nitriles is 1. The molecule has 3 aromatic rings. The summed E-state index contributed by atoms with van der Waals surface area (Å²) in [7, 11) is 1.68. The molecule has 1 saturated carbocycles. The predicted octanol–water partition coefficient (Wildman–Crippen LogP) is 4.89. The van der Waals surface area contributed by atoms with Gasteiger partial charge in [-0.05, 0) is 71.7 Å². The Morgan fingerprint density at radius 2 is 1.64 bits per heavy atom. The average molecular weight is 435 g/mol. The van der Waals surface area contributed by atoms with E-state index in [1.165, 1.54) is 23.3 Å². The summed E-state index contributed by atoms with van der Waals surface area (Å²) in [6.07, 6.45) is 2.48. The summed E-state index contributed by atoms with van der Waals surface area (Å²) in [5.74, 6) is 0.305. The zero-order valence-electron chi connectivity index (χ0n) is 18.8. The Hall–Kier alpha value is -3.91. The Kier molecular flexibility index (Phi) is 5.02. The largest absolute Gasteiger partial charge is 0.369 e. The number of carbonyl (C=O) groups is 1. The Morgan fingerprint density at radius 3 is 2.30 bits per heavy atom. The van der Waals surface area contributed by atoms with Crippen LogP contribution >= 0.6 is 0 Å². The number of guanidine groups is 1. The molecule has 5 rings (SSSR count). The van der Waals surface area contributed by atoms with Crippen LogP contribution in [-0.2, 0) is 10.3 Å². The summed E-state index contributed by atoms with van der Waals surface area (Å²) in [6, 6.07) is 26.2. The number of hydrogen-bond acceptors (Lipinski definition) is 4. The van der Waals surface area contributed by atoms with Gasteiger partial charge in [-0.2, -0.15) is 5.26 Å². The maximum absolute atomic E-state index is 13.5. The smallest absolute Gasteiger partial charge is 0.239 e. The van der Waals surface area contributed by atoms with E-state index in [0.717, 1.165) is 22.3 Å². The maximum atomic E-state index is 13.5. The van der Waals surface area contributed by atoms with Gasteiger partial charge in [0, 0.05) is 7.05 Å². The van der Waals surface area contributed by atoms with Gasteiger partial charge in [0.1, 0.15) is 5.54 Å². The van der Waals surface area contributed by atoms with Crippen molar-refractivity contribution in [2.45, 2.75) is 37.1 Å². The fourth-order valence-corrected chi connectivity index (χ4v) is 4.78. The Balaban J connectivity index is 1.61. The second kappa shape index (κ2) is 7.90. The first kappa shape index (κ1) is 21.0. The van der Waals surface area contributed by atoms with Crippen LogP contribution in [-0.4, -0.2) is 23.8 Å². The fraction of sp³-hybridized carbons (Fsp3) is 0.250. The molecule has 164 valence electrons. The molecule has 1 heterocycles. The number of likely N-dealkylation sites (N-methyl/N-ethyl adjacent to an activating group) is 1. The molecule has 3 aromatic carbocycles. The van der Waals surface area contributed by atoms with Crippen molar-refractivity contribution in [3.05, 3.63) is 95.1 Å². The molecule has 0 unspecified atom stereocenters. The molecule has 5 nitrogen and oxygen atoms in total. The monoisotopic (exact) mass is 434 g/mol.